The first-order valence-corrected chi connectivity index (χ1v) is 9.03. The van der Waals surface area contributed by atoms with Crippen molar-refractivity contribution in [3.8, 4) is 0 Å². The Morgan fingerprint density at radius 1 is 1.15 bits per heavy atom. The van der Waals surface area contributed by atoms with Crippen LogP contribution in [0.25, 0.3) is 0 Å². The van der Waals surface area contributed by atoms with Crippen LogP contribution in [0.2, 0.25) is 0 Å². The maximum Gasteiger partial charge on any atom is 0.328 e. The Bertz CT molecular complexity index is 523. The highest BCUT2D eigenvalue weighted by Crippen LogP contribution is 2.04. The van der Waals surface area contributed by atoms with E-state index >= 15 is 0 Å². The molecule has 0 aromatic heterocycles. The summed E-state index contributed by atoms with van der Waals surface area (Å²) in [5, 5.41) is 28.1. The van der Waals surface area contributed by atoms with Gasteiger partial charge in [-0.15, -0.1) is 0 Å². The first-order chi connectivity index (χ1) is 12.9. The highest BCUT2D eigenvalue weighted by atomic mass is 16.4. The summed E-state index contributed by atoms with van der Waals surface area (Å²) in [5.74, 6) is -2.94. The van der Waals surface area contributed by atoms with Crippen LogP contribution in [0.5, 0.6) is 0 Å². The molecule has 1 heterocycles. The number of unbranched alkanes of at least 4 members (excludes halogenated alkanes) is 1. The molecule has 0 aliphatic carbocycles. The highest BCUT2D eigenvalue weighted by molar-refractivity contribution is 5.92. The number of hydrogen-bond donors (Lipinski definition) is 7. The van der Waals surface area contributed by atoms with E-state index in [0.29, 0.717) is 25.8 Å². The van der Waals surface area contributed by atoms with Crippen LogP contribution in [0.3, 0.4) is 0 Å². The lowest BCUT2D eigenvalue weighted by Gasteiger charge is -2.21. The van der Waals surface area contributed by atoms with Crippen LogP contribution in [0.15, 0.2) is 0 Å². The van der Waals surface area contributed by atoms with E-state index in [1.165, 1.54) is 0 Å². The number of hydrogen-bond acceptors (Lipinski definition) is 7. The predicted octanol–water partition coefficient (Wildman–Crippen LogP) is -2.97. The number of carboxylic acids is 1. The Hall–Kier alpha value is -2.24. The summed E-state index contributed by atoms with van der Waals surface area (Å²) in [6, 6.07) is -2.76. The van der Waals surface area contributed by atoms with E-state index in [1.54, 1.807) is 0 Å². The number of nitrogens with two attached hydrogens (primary N) is 1. The van der Waals surface area contributed by atoms with Gasteiger partial charge in [-0.05, 0) is 45.2 Å². The number of amides is 3. The van der Waals surface area contributed by atoms with E-state index in [0.717, 1.165) is 13.0 Å². The van der Waals surface area contributed by atoms with Crippen molar-refractivity contribution in [2.24, 2.45) is 5.73 Å². The minimum Gasteiger partial charge on any atom is -0.480 e. The number of carbonyl (C=O) groups is 4. The second kappa shape index (κ2) is 12.2. The fourth-order valence-electron chi connectivity index (χ4n) is 2.66. The van der Waals surface area contributed by atoms with Crippen LogP contribution in [-0.4, -0.2) is 78.3 Å². The smallest absolute Gasteiger partial charge is 0.328 e. The molecule has 0 radical (unpaired) electrons. The summed E-state index contributed by atoms with van der Waals surface area (Å²) < 4.78 is 0. The highest BCUT2D eigenvalue weighted by Gasteiger charge is 2.26. The molecule has 0 spiro atoms. The van der Waals surface area contributed by atoms with Crippen molar-refractivity contribution in [3.63, 3.8) is 0 Å². The Morgan fingerprint density at radius 3 is 2.44 bits per heavy atom. The Balaban J connectivity index is 2.55. The molecule has 3 unspecified atom stereocenters. The lowest BCUT2D eigenvalue weighted by atomic mass is 10.1. The third-order valence-electron chi connectivity index (χ3n) is 4.20. The van der Waals surface area contributed by atoms with Gasteiger partial charge in [0.1, 0.15) is 12.1 Å². The fourth-order valence-corrected chi connectivity index (χ4v) is 2.66. The number of carbonyl (C=O) groups excluding carboxylic acids is 3. The molecule has 1 aliphatic rings. The van der Waals surface area contributed by atoms with Crippen LogP contribution in [0.1, 0.15) is 32.1 Å². The number of aliphatic carboxylic acids is 1. The monoisotopic (exact) mass is 387 g/mol. The van der Waals surface area contributed by atoms with Crippen molar-refractivity contribution in [2.75, 3.05) is 26.2 Å². The van der Waals surface area contributed by atoms with Gasteiger partial charge in [0, 0.05) is 0 Å². The van der Waals surface area contributed by atoms with E-state index in [2.05, 4.69) is 21.3 Å². The fraction of sp³-hybridized carbons (Fsp3) is 0.750. The molecule has 0 aromatic rings. The molecule has 3 atom stereocenters. The van der Waals surface area contributed by atoms with Crippen LogP contribution in [0.4, 0.5) is 0 Å². The maximum atomic E-state index is 12.3. The topological polar surface area (TPSA) is 183 Å². The van der Waals surface area contributed by atoms with Gasteiger partial charge in [0.2, 0.25) is 17.7 Å². The Kier molecular flexibility index (Phi) is 10.3. The molecule has 1 rings (SSSR count). The van der Waals surface area contributed by atoms with Crippen molar-refractivity contribution >= 4 is 23.7 Å². The number of carboxylic acid groups (broad SMARTS) is 1. The molecule has 27 heavy (non-hydrogen) atoms. The molecule has 1 aliphatic heterocycles. The van der Waals surface area contributed by atoms with Crippen molar-refractivity contribution in [1.82, 2.24) is 21.3 Å². The summed E-state index contributed by atoms with van der Waals surface area (Å²) in [7, 11) is 0. The van der Waals surface area contributed by atoms with E-state index in [1.807, 2.05) is 0 Å². The molecule has 0 saturated carbocycles. The summed E-state index contributed by atoms with van der Waals surface area (Å²) in [4.78, 5) is 47.2. The lowest BCUT2D eigenvalue weighted by Crippen LogP contribution is -2.54. The van der Waals surface area contributed by atoms with Crippen molar-refractivity contribution < 1.29 is 29.4 Å². The van der Waals surface area contributed by atoms with Crippen molar-refractivity contribution in [1.29, 1.82) is 0 Å². The van der Waals surface area contributed by atoms with Gasteiger partial charge in [-0.25, -0.2) is 4.79 Å². The van der Waals surface area contributed by atoms with Gasteiger partial charge in [-0.1, -0.05) is 0 Å². The number of rotatable bonds is 12. The van der Waals surface area contributed by atoms with Crippen LogP contribution < -0.4 is 27.0 Å². The summed E-state index contributed by atoms with van der Waals surface area (Å²) >= 11 is 0. The second-order valence-electron chi connectivity index (χ2n) is 6.35. The van der Waals surface area contributed by atoms with Gasteiger partial charge in [-0.2, -0.15) is 0 Å². The maximum absolute atomic E-state index is 12.3. The zero-order valence-corrected chi connectivity index (χ0v) is 15.2. The van der Waals surface area contributed by atoms with Gasteiger partial charge < -0.3 is 37.2 Å². The first-order valence-electron chi connectivity index (χ1n) is 9.03. The molecular formula is C16H29N5O6. The standard InChI is InChI=1S/C16H29N5O6/c17-6-2-1-4-11(15(25)21-12(9-22)16(26)27)20-13(23)8-19-14(24)10-5-3-7-18-10/h10-12,18,22H,1-9,17H2,(H,19,24)(H,20,23)(H,21,25)(H,26,27). The molecule has 8 N–H and O–H groups in total. The van der Waals surface area contributed by atoms with E-state index in [4.69, 9.17) is 15.9 Å². The SMILES string of the molecule is NCCCCC(NC(=O)CNC(=O)C1CCCN1)C(=O)NC(CO)C(=O)O. The third kappa shape index (κ3) is 8.33. The minimum absolute atomic E-state index is 0.255. The molecule has 154 valence electrons. The van der Waals surface area contributed by atoms with Crippen molar-refractivity contribution in [3.05, 3.63) is 0 Å². The summed E-state index contributed by atoms with van der Waals surface area (Å²) in [6.45, 7) is 0.111. The van der Waals surface area contributed by atoms with Crippen molar-refractivity contribution in [2.45, 2.75) is 50.2 Å². The van der Waals surface area contributed by atoms with Crippen LogP contribution >= 0.6 is 0 Å². The molecule has 0 bridgehead atoms. The zero-order valence-electron chi connectivity index (χ0n) is 15.2. The largest absolute Gasteiger partial charge is 0.480 e. The van der Waals surface area contributed by atoms with Crippen LogP contribution in [-0.2, 0) is 19.2 Å². The van der Waals surface area contributed by atoms with E-state index in [9.17, 15) is 19.2 Å². The molecule has 11 nitrogen and oxygen atoms in total. The first kappa shape index (κ1) is 22.8. The average molecular weight is 387 g/mol. The number of nitrogens with one attached hydrogen (secondary N) is 4. The zero-order chi connectivity index (χ0) is 20.2. The van der Waals surface area contributed by atoms with E-state index < -0.39 is 36.5 Å². The summed E-state index contributed by atoms with van der Waals surface area (Å²) in [5.41, 5.74) is 5.42. The predicted molar refractivity (Wildman–Crippen MR) is 95.5 cm³/mol. The molecule has 11 heteroatoms. The lowest BCUT2D eigenvalue weighted by molar-refractivity contribution is -0.143. The van der Waals surface area contributed by atoms with E-state index in [-0.39, 0.29) is 24.9 Å². The van der Waals surface area contributed by atoms with Crippen LogP contribution in [0, 0.1) is 0 Å². The molecule has 1 fully saturated rings. The number of aliphatic hydroxyl groups excluding tert-OH is 1. The van der Waals surface area contributed by atoms with Gasteiger partial charge in [0.25, 0.3) is 0 Å². The minimum atomic E-state index is -1.46. The molecular weight excluding hydrogens is 358 g/mol. The molecule has 3 amide bonds. The molecule has 0 aromatic carbocycles. The van der Waals surface area contributed by atoms with Gasteiger partial charge in [0.05, 0.1) is 19.2 Å². The summed E-state index contributed by atoms with van der Waals surface area (Å²) in [6.07, 6.45) is 3.03. The number of aliphatic hydroxyl groups is 1. The Labute approximate surface area is 157 Å². The van der Waals surface area contributed by atoms with Gasteiger partial charge in [0.15, 0.2) is 0 Å². The third-order valence-corrected chi connectivity index (χ3v) is 4.20. The van der Waals surface area contributed by atoms with Gasteiger partial charge >= 0.3 is 5.97 Å². The average Bonchev–Trinajstić information content (AvgIpc) is 3.17. The van der Waals surface area contributed by atoms with Gasteiger partial charge in [-0.3, -0.25) is 14.4 Å². The quantitative estimate of drug-likeness (QED) is 0.173. The molecule has 1 saturated heterocycles. The second-order valence-corrected chi connectivity index (χ2v) is 6.35. The normalized spacial score (nSPS) is 18.4. The Morgan fingerprint density at radius 2 is 1.89 bits per heavy atom.